The molecule has 0 bridgehead atoms. The first-order valence-corrected chi connectivity index (χ1v) is 8.92. The van der Waals surface area contributed by atoms with Crippen LogP contribution in [0.4, 0.5) is 10.5 Å². The van der Waals surface area contributed by atoms with Gasteiger partial charge < -0.3 is 4.74 Å². The van der Waals surface area contributed by atoms with E-state index >= 15 is 0 Å². The third-order valence-electron chi connectivity index (χ3n) is 4.70. The van der Waals surface area contributed by atoms with E-state index in [2.05, 4.69) is 0 Å². The zero-order chi connectivity index (χ0) is 19.4. The summed E-state index contributed by atoms with van der Waals surface area (Å²) in [5.74, 6) is -0.335. The van der Waals surface area contributed by atoms with E-state index in [0.29, 0.717) is 12.1 Å². The molecule has 0 spiro atoms. The van der Waals surface area contributed by atoms with Crippen molar-refractivity contribution in [2.24, 2.45) is 0 Å². The number of amides is 1. The third kappa shape index (κ3) is 4.16. The van der Waals surface area contributed by atoms with E-state index in [1.54, 1.807) is 6.20 Å². The number of nitro groups is 1. The minimum atomic E-state index is -0.491. The number of ether oxygens (including phenoxy) is 1. The fourth-order valence-corrected chi connectivity index (χ4v) is 3.34. The summed E-state index contributed by atoms with van der Waals surface area (Å²) < 4.78 is 5.47. The number of hydrogen-bond donors (Lipinski definition) is 0. The first kappa shape index (κ1) is 18.6. The lowest BCUT2D eigenvalue weighted by Gasteiger charge is -2.31. The molecule has 140 valence electrons. The number of aryl methyl sites for hydroxylation is 1. The predicted molar refractivity (Wildman–Crippen MR) is 103 cm³/mol. The fourth-order valence-electron chi connectivity index (χ4n) is 3.34. The van der Waals surface area contributed by atoms with Gasteiger partial charge in [-0.3, -0.25) is 15.0 Å². The Balaban J connectivity index is 1.90. The molecule has 0 unspecified atom stereocenters. The number of anilines is 1. The lowest BCUT2D eigenvalue weighted by Crippen LogP contribution is -2.32. The van der Waals surface area contributed by atoms with E-state index in [4.69, 9.17) is 4.74 Å². The molecule has 0 saturated heterocycles. The zero-order valence-electron chi connectivity index (χ0n) is 15.4. The monoisotopic (exact) mass is 366 g/mol. The van der Waals surface area contributed by atoms with E-state index < -0.39 is 6.09 Å². The van der Waals surface area contributed by atoms with Gasteiger partial charge in [0.1, 0.15) is 6.61 Å². The van der Waals surface area contributed by atoms with Gasteiger partial charge in [0.2, 0.25) is 6.54 Å². The van der Waals surface area contributed by atoms with Gasteiger partial charge in [-0.05, 0) is 36.1 Å². The summed E-state index contributed by atoms with van der Waals surface area (Å²) in [6, 6.07) is 15.1. The van der Waals surface area contributed by atoms with Crippen LogP contribution in [0.3, 0.4) is 0 Å². The second-order valence-corrected chi connectivity index (χ2v) is 6.60. The molecule has 3 rings (SSSR count). The van der Waals surface area contributed by atoms with Crippen LogP contribution in [0.15, 0.2) is 60.3 Å². The van der Waals surface area contributed by atoms with Crippen molar-refractivity contribution < 1.29 is 14.5 Å². The molecule has 6 heteroatoms. The van der Waals surface area contributed by atoms with Gasteiger partial charge in [-0.25, -0.2) is 4.79 Å². The highest BCUT2D eigenvalue weighted by atomic mass is 16.6. The van der Waals surface area contributed by atoms with Gasteiger partial charge >= 0.3 is 6.09 Å². The van der Waals surface area contributed by atoms with E-state index in [0.717, 1.165) is 22.3 Å². The normalized spacial score (nSPS) is 15.7. The van der Waals surface area contributed by atoms with Crippen LogP contribution in [-0.2, 0) is 11.3 Å². The Kier molecular flexibility index (Phi) is 5.54. The fraction of sp³-hybridized carbons (Fsp3) is 0.286. The Bertz CT molecular complexity index is 877. The van der Waals surface area contributed by atoms with Crippen molar-refractivity contribution in [2.75, 3.05) is 11.4 Å². The minimum Gasteiger partial charge on any atom is -0.444 e. The molecule has 27 heavy (non-hydrogen) atoms. The predicted octanol–water partition coefficient (Wildman–Crippen LogP) is 4.81. The SMILES string of the molecule is CCC1=CN(C(=O)OCc2ccccc2)c2ccc(C)cc2[C@H]1C[N+](=O)[O-]. The largest absolute Gasteiger partial charge is 0.444 e. The second-order valence-electron chi connectivity index (χ2n) is 6.60. The molecule has 2 aromatic carbocycles. The Hall–Kier alpha value is -3.15. The van der Waals surface area contributed by atoms with Gasteiger partial charge in [0.15, 0.2) is 0 Å². The summed E-state index contributed by atoms with van der Waals surface area (Å²) in [4.78, 5) is 25.1. The van der Waals surface area contributed by atoms with Gasteiger partial charge in [0.25, 0.3) is 0 Å². The molecule has 0 aliphatic carbocycles. The molecule has 2 aromatic rings. The van der Waals surface area contributed by atoms with Crippen LogP contribution in [0.1, 0.15) is 36.0 Å². The standard InChI is InChI=1S/C21H22N2O4/c1-3-17-12-22(21(24)27-14-16-7-5-4-6-8-16)20-10-9-15(2)11-18(20)19(17)13-23(25)26/h4-12,19H,3,13-14H2,1-2H3/t19-/m0/s1. The summed E-state index contributed by atoms with van der Waals surface area (Å²) in [7, 11) is 0. The van der Waals surface area contributed by atoms with Crippen molar-refractivity contribution in [1.29, 1.82) is 0 Å². The molecule has 0 N–H and O–H groups in total. The van der Waals surface area contributed by atoms with Crippen LogP contribution in [0, 0.1) is 17.0 Å². The second kappa shape index (κ2) is 8.03. The van der Waals surface area contributed by atoms with E-state index in [9.17, 15) is 14.9 Å². The van der Waals surface area contributed by atoms with Crippen LogP contribution in [0.2, 0.25) is 0 Å². The highest BCUT2D eigenvalue weighted by Gasteiger charge is 2.33. The van der Waals surface area contributed by atoms with Crippen molar-refractivity contribution in [3.63, 3.8) is 0 Å². The summed E-state index contributed by atoms with van der Waals surface area (Å²) >= 11 is 0. The van der Waals surface area contributed by atoms with Crippen molar-refractivity contribution in [3.05, 3.63) is 87.1 Å². The average molecular weight is 366 g/mol. The van der Waals surface area contributed by atoms with Crippen LogP contribution >= 0.6 is 0 Å². The summed E-state index contributed by atoms with van der Waals surface area (Å²) in [5.41, 5.74) is 4.18. The molecule has 0 fully saturated rings. The maximum atomic E-state index is 12.7. The van der Waals surface area contributed by atoms with Crippen LogP contribution in [0.25, 0.3) is 0 Å². The van der Waals surface area contributed by atoms with Crippen molar-refractivity contribution >= 4 is 11.8 Å². The maximum Gasteiger partial charge on any atom is 0.418 e. The molecule has 0 aromatic heterocycles. The van der Waals surface area contributed by atoms with Crippen LogP contribution in [-0.4, -0.2) is 17.6 Å². The number of carbonyl (C=O) groups excluding carboxylic acids is 1. The third-order valence-corrected chi connectivity index (χ3v) is 4.70. The van der Waals surface area contributed by atoms with E-state index in [1.807, 2.05) is 62.4 Å². The molecule has 0 radical (unpaired) electrons. The van der Waals surface area contributed by atoms with Gasteiger partial charge in [-0.15, -0.1) is 0 Å². The van der Waals surface area contributed by atoms with Crippen molar-refractivity contribution in [2.45, 2.75) is 32.8 Å². The molecule has 1 aliphatic heterocycles. The summed E-state index contributed by atoms with van der Waals surface area (Å²) in [6.07, 6.45) is 1.82. The average Bonchev–Trinajstić information content (AvgIpc) is 2.66. The maximum absolute atomic E-state index is 12.7. The van der Waals surface area contributed by atoms with Crippen LogP contribution in [0.5, 0.6) is 0 Å². The highest BCUT2D eigenvalue weighted by Crippen LogP contribution is 2.40. The lowest BCUT2D eigenvalue weighted by molar-refractivity contribution is -0.482. The number of rotatable bonds is 5. The van der Waals surface area contributed by atoms with Gasteiger partial charge in [0.05, 0.1) is 11.6 Å². The molecule has 1 amide bonds. The number of nitrogens with zero attached hydrogens (tertiary/aromatic N) is 2. The van der Waals surface area contributed by atoms with Gasteiger partial charge in [-0.1, -0.05) is 55.0 Å². The van der Waals surface area contributed by atoms with Crippen molar-refractivity contribution in [1.82, 2.24) is 0 Å². The topological polar surface area (TPSA) is 72.7 Å². The Morgan fingerprint density at radius 3 is 2.63 bits per heavy atom. The lowest BCUT2D eigenvalue weighted by atomic mass is 9.85. The molecular formula is C21H22N2O4. The first-order valence-electron chi connectivity index (χ1n) is 8.92. The molecule has 6 nitrogen and oxygen atoms in total. The summed E-state index contributed by atoms with van der Waals surface area (Å²) in [6.45, 7) is 3.85. The zero-order valence-corrected chi connectivity index (χ0v) is 15.4. The van der Waals surface area contributed by atoms with Crippen LogP contribution < -0.4 is 4.90 Å². The Labute approximate surface area is 158 Å². The highest BCUT2D eigenvalue weighted by molar-refractivity contribution is 5.92. The molecule has 1 heterocycles. The molecular weight excluding hydrogens is 344 g/mol. The van der Waals surface area contributed by atoms with Crippen molar-refractivity contribution in [3.8, 4) is 0 Å². The summed E-state index contributed by atoms with van der Waals surface area (Å²) in [5, 5.41) is 11.2. The van der Waals surface area contributed by atoms with Gasteiger partial charge in [-0.2, -0.15) is 0 Å². The Morgan fingerprint density at radius 1 is 1.22 bits per heavy atom. The molecule has 1 aliphatic rings. The molecule has 1 atom stereocenters. The quantitative estimate of drug-likeness (QED) is 0.562. The van der Waals surface area contributed by atoms with E-state index in [-0.39, 0.29) is 24.0 Å². The smallest absolute Gasteiger partial charge is 0.418 e. The molecule has 0 saturated carbocycles. The number of benzene rings is 2. The Morgan fingerprint density at radius 2 is 1.96 bits per heavy atom. The number of fused-ring (bicyclic) bond motifs is 1. The van der Waals surface area contributed by atoms with E-state index in [1.165, 1.54) is 4.90 Å². The van der Waals surface area contributed by atoms with Gasteiger partial charge in [0, 0.05) is 11.1 Å². The first-order chi connectivity index (χ1) is 13.0. The minimum absolute atomic E-state index is 0.172. The number of carbonyl (C=O) groups is 1. The number of hydrogen-bond acceptors (Lipinski definition) is 4.